The number of hydrogen-bond donors (Lipinski definition) is 0. The van der Waals surface area contributed by atoms with Gasteiger partial charge < -0.3 is 0 Å². The van der Waals surface area contributed by atoms with Crippen LogP contribution < -0.4 is 0 Å². The van der Waals surface area contributed by atoms with E-state index in [9.17, 15) is 9.65 Å². The van der Waals surface area contributed by atoms with Crippen molar-refractivity contribution in [3.8, 4) is 17.3 Å². The monoisotopic (exact) mass is 321 g/mol. The Bertz CT molecular complexity index is 989. The van der Waals surface area contributed by atoms with E-state index in [1.165, 1.54) is 12.4 Å². The Balaban J connectivity index is 2.22. The maximum atomic E-state index is 14.7. The highest BCUT2D eigenvalue weighted by Gasteiger charge is 2.22. The van der Waals surface area contributed by atoms with Gasteiger partial charge in [0.05, 0.1) is 22.9 Å². The van der Waals surface area contributed by atoms with Gasteiger partial charge in [-0.2, -0.15) is 5.26 Å². The molecule has 0 atom stereocenters. The first kappa shape index (κ1) is 15.9. The molecule has 0 amide bonds. The van der Waals surface area contributed by atoms with Gasteiger partial charge in [0.2, 0.25) is 0 Å². The van der Waals surface area contributed by atoms with Gasteiger partial charge in [-0.05, 0) is 45.4 Å². The second-order valence-corrected chi connectivity index (χ2v) is 6.22. The van der Waals surface area contributed by atoms with Crippen LogP contribution in [0.5, 0.6) is 0 Å². The van der Waals surface area contributed by atoms with E-state index in [1.807, 2.05) is 13.8 Å². The minimum absolute atomic E-state index is 0.317. The number of aryl methyl sites for hydroxylation is 2. The third kappa shape index (κ3) is 2.58. The van der Waals surface area contributed by atoms with E-state index in [-0.39, 0.29) is 0 Å². The van der Waals surface area contributed by atoms with E-state index in [0.717, 1.165) is 11.4 Å². The van der Waals surface area contributed by atoms with Gasteiger partial charge in [0.1, 0.15) is 23.4 Å². The summed E-state index contributed by atoms with van der Waals surface area (Å²) in [5.41, 5.74) is 2.99. The van der Waals surface area contributed by atoms with Crippen LogP contribution in [0.2, 0.25) is 0 Å². The molecule has 0 aliphatic heterocycles. The average Bonchev–Trinajstić information content (AvgIpc) is 2.55. The second-order valence-electron chi connectivity index (χ2n) is 6.22. The number of hydrogen-bond acceptors (Lipinski definition) is 5. The van der Waals surface area contributed by atoms with Crippen LogP contribution in [0.25, 0.3) is 22.4 Å². The molecule has 0 saturated heterocycles. The predicted octanol–water partition coefficient (Wildman–Crippen LogP) is 3.64. The Morgan fingerprint density at radius 2 is 1.79 bits per heavy atom. The quantitative estimate of drug-likeness (QED) is 0.720. The van der Waals surface area contributed by atoms with Gasteiger partial charge in [-0.1, -0.05) is 6.07 Å². The van der Waals surface area contributed by atoms with Crippen LogP contribution in [0.4, 0.5) is 4.39 Å². The minimum atomic E-state index is -0.763. The molecule has 0 aliphatic carbocycles. The molecule has 0 saturated carbocycles. The molecule has 0 fully saturated rings. The Hall–Kier alpha value is -2.94. The number of nitriles is 1. The van der Waals surface area contributed by atoms with E-state index >= 15 is 0 Å². The number of benzene rings is 1. The summed E-state index contributed by atoms with van der Waals surface area (Å²) in [7, 11) is 0. The molecule has 0 spiro atoms. The fourth-order valence-electron chi connectivity index (χ4n) is 2.40. The summed E-state index contributed by atoms with van der Waals surface area (Å²) >= 11 is 0. The zero-order valence-electron chi connectivity index (χ0n) is 13.9. The van der Waals surface area contributed by atoms with Gasteiger partial charge in [0, 0.05) is 5.56 Å². The SMILES string of the molecule is Cc1nc2ncnc(-c3ccc(C(C)(C)C#N)cc3F)c2nc1C. The van der Waals surface area contributed by atoms with Gasteiger partial charge in [-0.3, -0.25) is 0 Å². The Morgan fingerprint density at radius 3 is 2.46 bits per heavy atom. The van der Waals surface area contributed by atoms with Crippen LogP contribution in [-0.4, -0.2) is 19.9 Å². The average molecular weight is 321 g/mol. The molecule has 2 heterocycles. The summed E-state index contributed by atoms with van der Waals surface area (Å²) in [6.07, 6.45) is 1.35. The van der Waals surface area contributed by atoms with E-state index in [1.54, 1.807) is 26.0 Å². The van der Waals surface area contributed by atoms with Crippen LogP contribution in [0.1, 0.15) is 30.8 Å². The first-order valence-electron chi connectivity index (χ1n) is 7.51. The van der Waals surface area contributed by atoms with Crippen molar-refractivity contribution in [1.29, 1.82) is 5.26 Å². The van der Waals surface area contributed by atoms with E-state index in [2.05, 4.69) is 26.0 Å². The molecule has 0 radical (unpaired) electrons. The van der Waals surface area contributed by atoms with Crippen LogP contribution in [-0.2, 0) is 5.41 Å². The summed E-state index contributed by atoms with van der Waals surface area (Å²) in [4.78, 5) is 17.2. The highest BCUT2D eigenvalue weighted by molar-refractivity contribution is 5.86. The van der Waals surface area contributed by atoms with Crippen molar-refractivity contribution in [2.24, 2.45) is 0 Å². The third-order valence-electron chi connectivity index (χ3n) is 4.11. The van der Waals surface area contributed by atoms with Gasteiger partial charge in [0.25, 0.3) is 0 Å². The lowest BCUT2D eigenvalue weighted by Gasteiger charge is -2.16. The lowest BCUT2D eigenvalue weighted by molar-refractivity contribution is 0.615. The molecule has 0 aliphatic rings. The van der Waals surface area contributed by atoms with E-state index < -0.39 is 11.2 Å². The molecular weight excluding hydrogens is 305 g/mol. The molecule has 6 heteroatoms. The number of halogens is 1. The molecule has 0 unspecified atom stereocenters. The van der Waals surface area contributed by atoms with E-state index in [4.69, 9.17) is 0 Å². The van der Waals surface area contributed by atoms with Crippen molar-refractivity contribution in [2.45, 2.75) is 33.1 Å². The fourth-order valence-corrected chi connectivity index (χ4v) is 2.40. The lowest BCUT2D eigenvalue weighted by atomic mass is 9.85. The van der Waals surface area contributed by atoms with Crippen LogP contribution >= 0.6 is 0 Å². The van der Waals surface area contributed by atoms with Crippen molar-refractivity contribution < 1.29 is 4.39 Å². The molecule has 0 bridgehead atoms. The molecule has 3 aromatic rings. The van der Waals surface area contributed by atoms with Crippen molar-refractivity contribution in [1.82, 2.24) is 19.9 Å². The topological polar surface area (TPSA) is 75.3 Å². The van der Waals surface area contributed by atoms with Crippen LogP contribution in [0.3, 0.4) is 0 Å². The Kier molecular flexibility index (Phi) is 3.72. The Morgan fingerprint density at radius 1 is 1.08 bits per heavy atom. The largest absolute Gasteiger partial charge is 0.246 e. The van der Waals surface area contributed by atoms with Crippen molar-refractivity contribution >= 4 is 11.2 Å². The minimum Gasteiger partial charge on any atom is -0.246 e. The normalized spacial score (nSPS) is 11.5. The number of fused-ring (bicyclic) bond motifs is 1. The number of rotatable bonds is 2. The Labute approximate surface area is 139 Å². The van der Waals surface area contributed by atoms with Crippen molar-refractivity contribution in [3.63, 3.8) is 0 Å². The van der Waals surface area contributed by atoms with Gasteiger partial charge >= 0.3 is 0 Å². The van der Waals surface area contributed by atoms with Crippen molar-refractivity contribution in [3.05, 3.63) is 47.3 Å². The molecule has 120 valence electrons. The van der Waals surface area contributed by atoms with Gasteiger partial charge in [0.15, 0.2) is 5.65 Å². The second kappa shape index (κ2) is 5.60. The zero-order valence-corrected chi connectivity index (χ0v) is 13.9. The molecule has 5 nitrogen and oxygen atoms in total. The summed E-state index contributed by atoms with van der Waals surface area (Å²) in [6.45, 7) is 7.19. The van der Waals surface area contributed by atoms with E-state index in [0.29, 0.717) is 28.0 Å². The van der Waals surface area contributed by atoms with Gasteiger partial charge in [-0.15, -0.1) is 0 Å². The molecule has 1 aromatic carbocycles. The first-order chi connectivity index (χ1) is 11.3. The highest BCUT2D eigenvalue weighted by Crippen LogP contribution is 2.30. The summed E-state index contributed by atoms with van der Waals surface area (Å²) in [6, 6.07) is 6.92. The molecular formula is C18H16FN5. The highest BCUT2D eigenvalue weighted by atomic mass is 19.1. The van der Waals surface area contributed by atoms with Crippen LogP contribution in [0.15, 0.2) is 24.5 Å². The zero-order chi connectivity index (χ0) is 17.5. The number of nitrogens with zero attached hydrogens (tertiary/aromatic N) is 5. The van der Waals surface area contributed by atoms with Crippen LogP contribution in [0, 0.1) is 31.0 Å². The summed E-state index contributed by atoms with van der Waals surface area (Å²) in [5, 5.41) is 9.21. The third-order valence-corrected chi connectivity index (χ3v) is 4.11. The maximum absolute atomic E-state index is 14.7. The fraction of sp³-hybridized carbons (Fsp3) is 0.278. The maximum Gasteiger partial charge on any atom is 0.182 e. The first-order valence-corrected chi connectivity index (χ1v) is 7.51. The van der Waals surface area contributed by atoms with Crippen molar-refractivity contribution in [2.75, 3.05) is 0 Å². The molecule has 0 N–H and O–H groups in total. The molecule has 2 aromatic heterocycles. The number of aromatic nitrogens is 4. The molecule has 3 rings (SSSR count). The van der Waals surface area contributed by atoms with Gasteiger partial charge in [-0.25, -0.2) is 24.3 Å². The standard InChI is InChI=1S/C18H16FN5/c1-10-11(2)24-17-16(23-10)15(21-9-22-17)13-6-5-12(7-14(13)19)18(3,4)8-20/h5-7,9H,1-4H3. The lowest BCUT2D eigenvalue weighted by Crippen LogP contribution is -2.14. The smallest absolute Gasteiger partial charge is 0.182 e. The summed E-state index contributed by atoms with van der Waals surface area (Å²) < 4.78 is 14.7. The summed E-state index contributed by atoms with van der Waals surface area (Å²) in [5.74, 6) is -0.448. The predicted molar refractivity (Wildman–Crippen MR) is 88.6 cm³/mol. The molecule has 24 heavy (non-hydrogen) atoms.